The summed E-state index contributed by atoms with van der Waals surface area (Å²) in [5.41, 5.74) is 2.86. The first-order valence-electron chi connectivity index (χ1n) is 8.65. The molecular formula is C22H20N2O4S. The molecule has 148 valence electrons. The molecule has 0 saturated carbocycles. The van der Waals surface area contributed by atoms with Gasteiger partial charge in [-0.25, -0.2) is 4.98 Å². The molecule has 0 amide bonds. The van der Waals surface area contributed by atoms with Crippen molar-refractivity contribution in [1.29, 1.82) is 5.26 Å². The minimum Gasteiger partial charge on any atom is -0.497 e. The Morgan fingerprint density at radius 1 is 0.931 bits per heavy atom. The topological polar surface area (TPSA) is 73.6 Å². The maximum absolute atomic E-state index is 9.68. The van der Waals surface area contributed by atoms with Crippen LogP contribution in [0.25, 0.3) is 22.9 Å². The largest absolute Gasteiger partial charge is 0.497 e. The molecule has 0 spiro atoms. The number of hydrogen-bond donors (Lipinski definition) is 0. The van der Waals surface area contributed by atoms with E-state index < -0.39 is 0 Å². The van der Waals surface area contributed by atoms with Crippen molar-refractivity contribution in [2.75, 3.05) is 28.4 Å². The first kappa shape index (κ1) is 20.2. The van der Waals surface area contributed by atoms with Crippen LogP contribution in [-0.4, -0.2) is 33.4 Å². The third-order valence-electron chi connectivity index (χ3n) is 4.27. The summed E-state index contributed by atoms with van der Waals surface area (Å²) in [6.07, 6.45) is 1.76. The number of hydrogen-bond acceptors (Lipinski definition) is 7. The lowest BCUT2D eigenvalue weighted by molar-refractivity contribution is 0.355. The molecule has 0 unspecified atom stereocenters. The molecule has 0 fully saturated rings. The molecule has 1 heterocycles. The molecule has 0 radical (unpaired) electrons. The van der Waals surface area contributed by atoms with Crippen molar-refractivity contribution in [3.8, 4) is 40.3 Å². The van der Waals surface area contributed by atoms with Gasteiger partial charge in [-0.3, -0.25) is 0 Å². The van der Waals surface area contributed by atoms with Crippen molar-refractivity contribution in [2.24, 2.45) is 0 Å². The summed E-state index contributed by atoms with van der Waals surface area (Å²) < 4.78 is 21.3. The summed E-state index contributed by atoms with van der Waals surface area (Å²) in [6.45, 7) is 0. The molecule has 0 saturated heterocycles. The number of benzene rings is 2. The Bertz CT molecular complexity index is 1080. The van der Waals surface area contributed by atoms with Gasteiger partial charge in [0.2, 0.25) is 0 Å². The van der Waals surface area contributed by atoms with Crippen molar-refractivity contribution in [2.45, 2.75) is 0 Å². The summed E-state index contributed by atoms with van der Waals surface area (Å²) in [5, 5.41) is 12.2. The minimum absolute atomic E-state index is 0.449. The van der Waals surface area contributed by atoms with Gasteiger partial charge >= 0.3 is 0 Å². The summed E-state index contributed by atoms with van der Waals surface area (Å²) in [7, 11) is 6.36. The predicted octanol–water partition coefficient (Wildman–Crippen LogP) is 4.91. The van der Waals surface area contributed by atoms with Crippen LogP contribution in [-0.2, 0) is 0 Å². The van der Waals surface area contributed by atoms with Gasteiger partial charge in [0.25, 0.3) is 0 Å². The minimum atomic E-state index is 0.449. The SMILES string of the molecule is COc1ccc(/C=C(\C#N)c2nc(-c3ccc(OC)c(OC)c3)cs2)c(OC)c1. The van der Waals surface area contributed by atoms with E-state index in [2.05, 4.69) is 11.1 Å². The van der Waals surface area contributed by atoms with Gasteiger partial charge in [0.05, 0.1) is 39.7 Å². The van der Waals surface area contributed by atoms with Gasteiger partial charge in [0.1, 0.15) is 22.6 Å². The summed E-state index contributed by atoms with van der Waals surface area (Å²) >= 11 is 1.40. The van der Waals surface area contributed by atoms with E-state index >= 15 is 0 Å². The zero-order chi connectivity index (χ0) is 20.8. The maximum Gasteiger partial charge on any atom is 0.161 e. The molecule has 0 bridgehead atoms. The number of rotatable bonds is 7. The molecule has 3 aromatic rings. The van der Waals surface area contributed by atoms with Gasteiger partial charge in [0.15, 0.2) is 11.5 Å². The highest BCUT2D eigenvalue weighted by molar-refractivity contribution is 7.11. The van der Waals surface area contributed by atoms with Crippen molar-refractivity contribution >= 4 is 23.0 Å². The van der Waals surface area contributed by atoms with Crippen LogP contribution in [0.3, 0.4) is 0 Å². The highest BCUT2D eigenvalue weighted by atomic mass is 32.1. The highest BCUT2D eigenvalue weighted by Crippen LogP contribution is 2.34. The van der Waals surface area contributed by atoms with Crippen LogP contribution in [0.1, 0.15) is 10.6 Å². The van der Waals surface area contributed by atoms with E-state index in [0.717, 1.165) is 16.8 Å². The number of allylic oxidation sites excluding steroid dienone is 1. The second kappa shape index (κ2) is 9.13. The molecule has 29 heavy (non-hydrogen) atoms. The highest BCUT2D eigenvalue weighted by Gasteiger charge is 2.13. The van der Waals surface area contributed by atoms with Crippen LogP contribution in [0.4, 0.5) is 0 Å². The van der Waals surface area contributed by atoms with Crippen molar-refractivity contribution in [3.63, 3.8) is 0 Å². The summed E-state index contributed by atoms with van der Waals surface area (Å²) in [4.78, 5) is 4.63. The predicted molar refractivity (Wildman–Crippen MR) is 114 cm³/mol. The first-order valence-corrected chi connectivity index (χ1v) is 9.53. The van der Waals surface area contributed by atoms with Gasteiger partial charge in [-0.15, -0.1) is 11.3 Å². The Morgan fingerprint density at radius 2 is 1.69 bits per heavy atom. The van der Waals surface area contributed by atoms with E-state index in [1.165, 1.54) is 11.3 Å². The van der Waals surface area contributed by atoms with Gasteiger partial charge in [-0.2, -0.15) is 5.26 Å². The molecule has 3 rings (SSSR count). The molecule has 0 aliphatic carbocycles. The number of aromatic nitrogens is 1. The lowest BCUT2D eigenvalue weighted by Crippen LogP contribution is -1.91. The number of thiazole rings is 1. The second-order valence-corrected chi connectivity index (χ2v) is 6.74. The van der Waals surface area contributed by atoms with Gasteiger partial charge in [0, 0.05) is 22.6 Å². The van der Waals surface area contributed by atoms with Crippen LogP contribution in [0, 0.1) is 11.3 Å². The van der Waals surface area contributed by atoms with E-state index in [1.54, 1.807) is 40.6 Å². The average Bonchev–Trinajstić information content (AvgIpc) is 3.26. The Hall–Kier alpha value is -3.50. The third-order valence-corrected chi connectivity index (χ3v) is 5.15. The summed E-state index contributed by atoms with van der Waals surface area (Å²) in [5.74, 6) is 2.57. The van der Waals surface area contributed by atoms with Gasteiger partial charge in [-0.1, -0.05) is 0 Å². The van der Waals surface area contributed by atoms with Crippen LogP contribution in [0.5, 0.6) is 23.0 Å². The van der Waals surface area contributed by atoms with Crippen LogP contribution in [0.15, 0.2) is 41.8 Å². The zero-order valence-corrected chi connectivity index (χ0v) is 17.4. The van der Waals surface area contributed by atoms with Crippen LogP contribution in [0.2, 0.25) is 0 Å². The lowest BCUT2D eigenvalue weighted by Gasteiger charge is -2.08. The monoisotopic (exact) mass is 408 g/mol. The number of nitrogens with zero attached hydrogens (tertiary/aromatic N) is 2. The fourth-order valence-corrected chi connectivity index (χ4v) is 3.56. The third kappa shape index (κ3) is 4.33. The normalized spacial score (nSPS) is 10.9. The van der Waals surface area contributed by atoms with Crippen LogP contribution < -0.4 is 18.9 Å². The fraction of sp³-hybridized carbons (Fsp3) is 0.182. The van der Waals surface area contributed by atoms with Crippen molar-refractivity contribution in [3.05, 3.63) is 52.3 Å². The molecule has 0 aliphatic heterocycles. The Kier molecular flexibility index (Phi) is 6.37. The molecule has 2 aromatic carbocycles. The van der Waals surface area contributed by atoms with Gasteiger partial charge < -0.3 is 18.9 Å². The molecule has 0 N–H and O–H groups in total. The van der Waals surface area contributed by atoms with Crippen molar-refractivity contribution < 1.29 is 18.9 Å². The lowest BCUT2D eigenvalue weighted by atomic mass is 10.1. The molecular weight excluding hydrogens is 388 g/mol. The quantitative estimate of drug-likeness (QED) is 0.517. The molecule has 0 aliphatic rings. The van der Waals surface area contributed by atoms with Crippen LogP contribution >= 0.6 is 11.3 Å². The van der Waals surface area contributed by atoms with Crippen molar-refractivity contribution in [1.82, 2.24) is 4.98 Å². The Morgan fingerprint density at radius 3 is 2.34 bits per heavy atom. The molecule has 1 aromatic heterocycles. The zero-order valence-electron chi connectivity index (χ0n) is 16.6. The molecule has 6 nitrogen and oxygen atoms in total. The van der Waals surface area contributed by atoms with E-state index in [0.29, 0.717) is 33.6 Å². The van der Waals surface area contributed by atoms with E-state index in [1.807, 2.05) is 35.7 Å². The average molecular weight is 408 g/mol. The first-order chi connectivity index (χ1) is 14.1. The standard InChI is InChI=1S/C22H20N2O4S/c1-25-17-7-5-15(20(11-17)27-3)9-16(12-23)22-24-18(13-29-22)14-6-8-19(26-2)21(10-14)28-4/h5-11,13H,1-4H3/b16-9+. The number of nitriles is 1. The molecule has 0 atom stereocenters. The number of methoxy groups -OCH3 is 4. The Labute approximate surface area is 173 Å². The number of ether oxygens (including phenoxy) is 4. The second-order valence-electron chi connectivity index (χ2n) is 5.89. The van der Waals surface area contributed by atoms with E-state index in [4.69, 9.17) is 18.9 Å². The Balaban J connectivity index is 1.96. The summed E-state index contributed by atoms with van der Waals surface area (Å²) in [6, 6.07) is 13.3. The fourth-order valence-electron chi connectivity index (χ4n) is 2.76. The smallest absolute Gasteiger partial charge is 0.161 e. The molecule has 7 heteroatoms. The maximum atomic E-state index is 9.68. The van der Waals surface area contributed by atoms with E-state index in [9.17, 15) is 5.26 Å². The van der Waals surface area contributed by atoms with E-state index in [-0.39, 0.29) is 0 Å². The van der Waals surface area contributed by atoms with Gasteiger partial charge in [-0.05, 0) is 36.4 Å².